The van der Waals surface area contributed by atoms with Gasteiger partial charge in [-0.3, -0.25) is 19.0 Å². The molecule has 0 radical (unpaired) electrons. The van der Waals surface area contributed by atoms with Gasteiger partial charge in [-0.2, -0.15) is 10.2 Å². The summed E-state index contributed by atoms with van der Waals surface area (Å²) < 4.78 is 79.5. The quantitative estimate of drug-likeness (QED) is 0.104. The highest BCUT2D eigenvalue weighted by Gasteiger charge is 2.53. The summed E-state index contributed by atoms with van der Waals surface area (Å²) in [5, 5.41) is 9.70. The Hall–Kier alpha value is -6.86. The Morgan fingerprint density at radius 3 is 1.55 bits per heavy atom. The van der Waals surface area contributed by atoms with E-state index >= 15 is 0 Å². The van der Waals surface area contributed by atoms with Crippen LogP contribution in [0.5, 0.6) is 5.75 Å². The molecule has 0 unspecified atom stereocenters. The Morgan fingerprint density at radius 2 is 1.04 bits per heavy atom. The summed E-state index contributed by atoms with van der Waals surface area (Å²) in [4.78, 5) is 27.8. The maximum absolute atomic E-state index is 14.0. The molecule has 0 bridgehead atoms. The van der Waals surface area contributed by atoms with Gasteiger partial charge >= 0.3 is 7.12 Å². The third kappa shape index (κ3) is 9.75. The highest BCUT2D eigenvalue weighted by atomic mass is 32.2. The second-order valence-corrected chi connectivity index (χ2v) is 21.5. The van der Waals surface area contributed by atoms with E-state index in [-0.39, 0.29) is 34.3 Å². The molecule has 0 saturated carbocycles. The molecule has 3 heterocycles. The van der Waals surface area contributed by atoms with E-state index in [9.17, 15) is 26.4 Å². The van der Waals surface area contributed by atoms with E-state index in [1.54, 1.807) is 49.6 Å². The second kappa shape index (κ2) is 18.6. The Morgan fingerprint density at radius 1 is 0.594 bits per heavy atom. The Balaban J connectivity index is 1.15. The van der Waals surface area contributed by atoms with E-state index in [0.29, 0.717) is 28.2 Å². The number of benzene rings is 5. The fourth-order valence-corrected chi connectivity index (χ4v) is 10.3. The lowest BCUT2D eigenvalue weighted by atomic mass is 9.85. The van der Waals surface area contributed by atoms with Crippen molar-refractivity contribution in [3.63, 3.8) is 0 Å². The number of methoxy groups -OCH3 is 1. The summed E-state index contributed by atoms with van der Waals surface area (Å²) >= 11 is 0. The summed E-state index contributed by atoms with van der Waals surface area (Å²) in [5.41, 5.74) is 6.75. The highest BCUT2D eigenvalue weighted by Crippen LogP contribution is 2.41. The molecule has 1 saturated heterocycles. The van der Waals surface area contributed by atoms with Gasteiger partial charge in [0.15, 0.2) is 0 Å². The third-order valence-electron chi connectivity index (χ3n) is 12.9. The van der Waals surface area contributed by atoms with Gasteiger partial charge in [0, 0.05) is 11.1 Å². The minimum absolute atomic E-state index is 0.0146. The van der Waals surface area contributed by atoms with Gasteiger partial charge in [0.05, 0.1) is 52.5 Å². The zero-order chi connectivity index (χ0) is 49.6. The molecule has 2 aromatic heterocycles. The zero-order valence-corrected chi connectivity index (χ0v) is 41.5. The molecule has 0 aliphatic carbocycles. The molecule has 0 atom stereocenters. The summed E-state index contributed by atoms with van der Waals surface area (Å²) in [6.07, 6.45) is 0. The lowest BCUT2D eigenvalue weighted by molar-refractivity contribution is 0.00578. The maximum Gasteiger partial charge on any atom is 0.516 e. The molecule has 5 aromatic carbocycles. The van der Waals surface area contributed by atoms with Crippen LogP contribution in [0.4, 0.5) is 0 Å². The van der Waals surface area contributed by atoms with Gasteiger partial charge in [-0.25, -0.2) is 26.3 Å². The number of aromatic nitrogens is 4. The van der Waals surface area contributed by atoms with E-state index in [2.05, 4.69) is 9.44 Å². The topological polar surface area (TPSA) is 190 Å². The Labute approximate surface area is 403 Å². The molecule has 1 aliphatic rings. The summed E-state index contributed by atoms with van der Waals surface area (Å²) in [7, 11) is -7.83. The Bertz CT molecular complexity index is 3290. The number of nitrogens with one attached hydrogen (secondary N) is 2. The predicted molar refractivity (Wildman–Crippen MR) is 263 cm³/mol. The van der Waals surface area contributed by atoms with E-state index in [1.165, 1.54) is 39.7 Å². The van der Waals surface area contributed by atoms with Gasteiger partial charge in [0.25, 0.3) is 31.9 Å². The number of hydrogen-bond acceptors (Lipinski definition) is 11. The van der Waals surface area contributed by atoms with E-state index < -0.39 is 50.2 Å². The fraction of sp³-hybridized carbons (Fsp3) is 0.255. The second-order valence-electron chi connectivity index (χ2n) is 18.1. The van der Waals surface area contributed by atoms with Crippen LogP contribution in [0.25, 0.3) is 22.4 Å². The maximum atomic E-state index is 14.0. The van der Waals surface area contributed by atoms with Crippen molar-refractivity contribution in [2.24, 2.45) is 0 Å². The lowest BCUT2D eigenvalue weighted by Gasteiger charge is -2.32. The van der Waals surface area contributed by atoms with Crippen LogP contribution >= 0.6 is 0 Å². The van der Waals surface area contributed by atoms with E-state index in [0.717, 1.165) is 38.9 Å². The van der Waals surface area contributed by atoms with E-state index in [1.807, 2.05) is 104 Å². The fourth-order valence-electron chi connectivity index (χ4n) is 8.32. The van der Waals surface area contributed by atoms with Crippen LogP contribution in [-0.2, 0) is 42.4 Å². The van der Waals surface area contributed by atoms with Crippen LogP contribution in [0.1, 0.15) is 82.1 Å². The van der Waals surface area contributed by atoms with Crippen LogP contribution in [-0.4, -0.2) is 73.6 Å². The number of ether oxygens (including phenoxy) is 1. The van der Waals surface area contributed by atoms with Crippen molar-refractivity contribution in [1.29, 1.82) is 0 Å². The van der Waals surface area contributed by atoms with E-state index in [4.69, 9.17) is 24.2 Å². The molecule has 2 N–H and O–H groups in total. The Kier molecular flexibility index (Phi) is 13.1. The first-order valence-corrected chi connectivity index (χ1v) is 25.1. The highest BCUT2D eigenvalue weighted by molar-refractivity contribution is 7.90. The minimum atomic E-state index is -4.23. The van der Waals surface area contributed by atoms with Crippen LogP contribution < -0.4 is 19.8 Å². The first kappa shape index (κ1) is 48.6. The van der Waals surface area contributed by atoms with Gasteiger partial charge < -0.3 is 14.0 Å². The number of para-hydroxylation sites is 1. The molecule has 8 rings (SSSR count). The first-order valence-electron chi connectivity index (χ1n) is 22.2. The van der Waals surface area contributed by atoms with Gasteiger partial charge in [0.2, 0.25) is 0 Å². The number of amides is 2. The third-order valence-corrected chi connectivity index (χ3v) is 15.6. The number of sulfonamides is 2. The number of nitrogens with zero attached hydrogens (tertiary/aromatic N) is 4. The molecule has 18 heteroatoms. The van der Waals surface area contributed by atoms with Gasteiger partial charge in [-0.05, 0) is 137 Å². The minimum Gasteiger partial charge on any atom is -0.495 e. The predicted octanol–water partition coefficient (Wildman–Crippen LogP) is 7.29. The number of rotatable bonds is 14. The van der Waals surface area contributed by atoms with Crippen molar-refractivity contribution in [3.05, 3.63) is 166 Å². The largest absolute Gasteiger partial charge is 0.516 e. The molecule has 1 fully saturated rings. The van der Waals surface area contributed by atoms with Crippen LogP contribution in [0.15, 0.2) is 131 Å². The summed E-state index contributed by atoms with van der Waals surface area (Å²) in [6, 6.07) is 33.8. The molecule has 69 heavy (non-hydrogen) atoms. The smallest absolute Gasteiger partial charge is 0.495 e. The normalized spacial score (nSPS) is 14.4. The van der Waals surface area contributed by atoms with Crippen molar-refractivity contribution in [3.8, 4) is 28.1 Å². The SMILES string of the molecule is COc1c(-c2cc(C)c(Cn3nc(B4OC(C)(C)C(C)(C)O4)cc3C(=O)NS(=O)(=O)c3ccccc3)c(C)c2)cccc1-c1cc(C(=O)NS(=O)(=O)c2ccccc2)n(Cc2c(C)cccc2C)n1. The molecule has 7 aromatic rings. The van der Waals surface area contributed by atoms with Crippen LogP contribution in [0.2, 0.25) is 0 Å². The number of hydrogen-bond donors (Lipinski definition) is 2. The number of carbonyl (C=O) groups is 2. The van der Waals surface area contributed by atoms with Crippen molar-refractivity contribution in [2.75, 3.05) is 7.11 Å². The lowest BCUT2D eigenvalue weighted by Crippen LogP contribution is -2.41. The summed E-state index contributed by atoms with van der Waals surface area (Å²) in [6.45, 7) is 15.7. The molecular formula is C51H53BN6O9S2. The van der Waals surface area contributed by atoms with Crippen molar-refractivity contribution in [2.45, 2.75) is 89.5 Å². The number of aryl methyl sites for hydroxylation is 4. The zero-order valence-electron chi connectivity index (χ0n) is 39.8. The van der Waals surface area contributed by atoms with Crippen LogP contribution in [0.3, 0.4) is 0 Å². The molecule has 356 valence electrons. The monoisotopic (exact) mass is 968 g/mol. The van der Waals surface area contributed by atoms with Gasteiger partial charge in [-0.15, -0.1) is 0 Å². The molecule has 0 spiro atoms. The average molecular weight is 969 g/mol. The summed E-state index contributed by atoms with van der Waals surface area (Å²) in [5.74, 6) is -1.26. The molecule has 15 nitrogen and oxygen atoms in total. The molecular weight excluding hydrogens is 916 g/mol. The van der Waals surface area contributed by atoms with Crippen LogP contribution in [0, 0.1) is 27.7 Å². The average Bonchev–Trinajstić information content (AvgIpc) is 3.99. The van der Waals surface area contributed by atoms with Gasteiger partial charge in [-0.1, -0.05) is 78.9 Å². The molecule has 1 aliphatic heterocycles. The first-order chi connectivity index (χ1) is 32.6. The van der Waals surface area contributed by atoms with Gasteiger partial charge in [0.1, 0.15) is 17.1 Å². The standard InChI is InChI=1S/C51H53BN6O9S2/c1-32-18-16-19-33(2)41(32)30-57-44(48(59)55-68(61,62)37-20-12-10-13-21-37)28-43(53-57)40-25-17-24-39(47(40)65-9)36-26-34(3)42(35(4)27-36)31-58-45(49(60)56-69(63,64)38-22-14-11-15-23-38)29-46(54-58)52-66-50(5,6)51(7,8)67-52/h10-29H,30-31H2,1-9H3,(H,55,59)(H,56,60). The van der Waals surface area contributed by atoms with Crippen molar-refractivity contribution < 1.29 is 40.5 Å². The number of carbonyl (C=O) groups excluding carboxylic acids is 2. The molecule has 2 amide bonds. The van der Waals surface area contributed by atoms with Crippen molar-refractivity contribution >= 4 is 44.6 Å². The van der Waals surface area contributed by atoms with Crippen molar-refractivity contribution in [1.82, 2.24) is 29.0 Å².